The van der Waals surface area contributed by atoms with Gasteiger partial charge in [-0.15, -0.1) is 10.2 Å². The van der Waals surface area contributed by atoms with Crippen molar-refractivity contribution >= 4 is 6.29 Å². The van der Waals surface area contributed by atoms with Crippen molar-refractivity contribution in [1.29, 1.82) is 0 Å². The van der Waals surface area contributed by atoms with Crippen LogP contribution in [0, 0.1) is 0 Å². The van der Waals surface area contributed by atoms with Crippen molar-refractivity contribution in [2.24, 2.45) is 0 Å². The van der Waals surface area contributed by atoms with Gasteiger partial charge in [0.1, 0.15) is 5.82 Å². The number of carbonyl (C=O) groups excluding carboxylic acids is 1. The first-order chi connectivity index (χ1) is 4.92. The Hall–Kier alpha value is -1.19. The summed E-state index contributed by atoms with van der Waals surface area (Å²) in [7, 11) is 0. The summed E-state index contributed by atoms with van der Waals surface area (Å²) in [4.78, 5) is 10.3. The summed E-state index contributed by atoms with van der Waals surface area (Å²) < 4.78 is 1.87. The molecule has 52 valence electrons. The lowest BCUT2D eigenvalue weighted by Gasteiger charge is -1.91. The van der Waals surface area contributed by atoms with E-state index in [1.165, 1.54) is 0 Å². The number of aromatic nitrogens is 3. The Balaban J connectivity index is 2.53. The van der Waals surface area contributed by atoms with Gasteiger partial charge in [-0.1, -0.05) is 0 Å². The molecule has 2 heterocycles. The molecule has 0 N–H and O–H groups in total. The van der Waals surface area contributed by atoms with Gasteiger partial charge in [-0.3, -0.25) is 4.79 Å². The van der Waals surface area contributed by atoms with Crippen molar-refractivity contribution in [3.63, 3.8) is 0 Å². The van der Waals surface area contributed by atoms with Gasteiger partial charge in [0.25, 0.3) is 0 Å². The van der Waals surface area contributed by atoms with E-state index in [9.17, 15) is 4.79 Å². The number of carbonyl (C=O) groups is 1. The zero-order valence-electron chi connectivity index (χ0n) is 5.45. The molecule has 0 bridgehead atoms. The number of hydrogen-bond acceptors (Lipinski definition) is 3. The number of aldehydes is 1. The lowest BCUT2D eigenvalue weighted by molar-refractivity contribution is 0.111. The molecule has 1 aliphatic rings. The maximum atomic E-state index is 10.3. The highest BCUT2D eigenvalue weighted by Gasteiger charge is 2.15. The maximum absolute atomic E-state index is 10.3. The van der Waals surface area contributed by atoms with Crippen molar-refractivity contribution in [3.8, 4) is 0 Å². The van der Waals surface area contributed by atoms with E-state index in [1.807, 2.05) is 4.57 Å². The van der Waals surface area contributed by atoms with Gasteiger partial charge in [0.15, 0.2) is 12.1 Å². The first kappa shape index (κ1) is 5.58. The number of hydrogen-bond donors (Lipinski definition) is 0. The second kappa shape index (κ2) is 1.90. The minimum atomic E-state index is 0.465. The molecular weight excluding hydrogens is 130 g/mol. The molecule has 0 fully saturated rings. The number of nitrogens with zero attached hydrogens (tertiary/aromatic N) is 3. The Labute approximate surface area is 57.9 Å². The summed E-state index contributed by atoms with van der Waals surface area (Å²) in [5.41, 5.74) is 0. The van der Waals surface area contributed by atoms with E-state index in [4.69, 9.17) is 0 Å². The average Bonchev–Trinajstić information content (AvgIpc) is 2.44. The summed E-state index contributed by atoms with van der Waals surface area (Å²) in [5.74, 6) is 1.41. The molecule has 0 aliphatic carbocycles. The summed E-state index contributed by atoms with van der Waals surface area (Å²) in [6.45, 7) is 0.899. The van der Waals surface area contributed by atoms with Crippen LogP contribution in [0.25, 0.3) is 0 Å². The fourth-order valence-electron chi connectivity index (χ4n) is 1.26. The first-order valence-corrected chi connectivity index (χ1v) is 3.29. The van der Waals surface area contributed by atoms with Crippen LogP contribution in [0.15, 0.2) is 0 Å². The predicted molar refractivity (Wildman–Crippen MR) is 33.7 cm³/mol. The molecule has 4 heteroatoms. The van der Waals surface area contributed by atoms with E-state index in [2.05, 4.69) is 10.2 Å². The topological polar surface area (TPSA) is 47.8 Å². The second-order valence-corrected chi connectivity index (χ2v) is 2.35. The van der Waals surface area contributed by atoms with E-state index >= 15 is 0 Å². The molecule has 10 heavy (non-hydrogen) atoms. The van der Waals surface area contributed by atoms with Crippen LogP contribution in [0.5, 0.6) is 0 Å². The SMILES string of the molecule is O=Cc1nnc2n1CCC2. The van der Waals surface area contributed by atoms with E-state index in [0.29, 0.717) is 5.82 Å². The molecule has 1 aromatic heterocycles. The zero-order valence-corrected chi connectivity index (χ0v) is 5.45. The minimum Gasteiger partial charge on any atom is -0.309 e. The van der Waals surface area contributed by atoms with Gasteiger partial charge in [-0.05, 0) is 6.42 Å². The first-order valence-electron chi connectivity index (χ1n) is 3.29. The van der Waals surface area contributed by atoms with Gasteiger partial charge >= 0.3 is 0 Å². The molecule has 0 unspecified atom stereocenters. The summed E-state index contributed by atoms with van der Waals surface area (Å²) in [6.07, 6.45) is 2.80. The predicted octanol–water partition coefficient (Wildman–Crippen LogP) is 0.0368. The minimum absolute atomic E-state index is 0.465. The third kappa shape index (κ3) is 0.586. The van der Waals surface area contributed by atoms with Crippen LogP contribution in [0.2, 0.25) is 0 Å². The Morgan fingerprint density at radius 3 is 3.20 bits per heavy atom. The summed E-state index contributed by atoms with van der Waals surface area (Å²) >= 11 is 0. The molecular formula is C6H7N3O. The molecule has 0 saturated carbocycles. The van der Waals surface area contributed by atoms with Crippen LogP contribution in [0.1, 0.15) is 22.9 Å². The van der Waals surface area contributed by atoms with Crippen molar-refractivity contribution in [2.45, 2.75) is 19.4 Å². The van der Waals surface area contributed by atoms with Gasteiger partial charge in [0.05, 0.1) is 0 Å². The summed E-state index contributed by atoms with van der Waals surface area (Å²) in [5, 5.41) is 7.55. The highest BCUT2D eigenvalue weighted by atomic mass is 16.1. The van der Waals surface area contributed by atoms with E-state index in [1.54, 1.807) is 0 Å². The standard InChI is InChI=1S/C6H7N3O/c10-4-6-8-7-5-2-1-3-9(5)6/h4H,1-3H2. The van der Waals surface area contributed by atoms with Crippen molar-refractivity contribution < 1.29 is 4.79 Å². The molecule has 0 saturated heterocycles. The number of rotatable bonds is 1. The quantitative estimate of drug-likeness (QED) is 0.513. The maximum Gasteiger partial charge on any atom is 0.196 e. The van der Waals surface area contributed by atoms with Gasteiger partial charge in [-0.25, -0.2) is 0 Å². The van der Waals surface area contributed by atoms with Crippen molar-refractivity contribution in [3.05, 3.63) is 11.6 Å². The monoisotopic (exact) mass is 137 g/mol. The molecule has 2 rings (SSSR count). The fraction of sp³-hybridized carbons (Fsp3) is 0.500. The molecule has 4 nitrogen and oxygen atoms in total. The van der Waals surface area contributed by atoms with Gasteiger partial charge in [-0.2, -0.15) is 0 Å². The smallest absolute Gasteiger partial charge is 0.196 e. The van der Waals surface area contributed by atoms with Crippen LogP contribution in [0.3, 0.4) is 0 Å². The van der Waals surface area contributed by atoms with Crippen LogP contribution in [-0.2, 0) is 13.0 Å². The van der Waals surface area contributed by atoms with Crippen LogP contribution >= 0.6 is 0 Å². The lowest BCUT2D eigenvalue weighted by atomic mass is 10.4. The van der Waals surface area contributed by atoms with Crippen molar-refractivity contribution in [1.82, 2.24) is 14.8 Å². The lowest BCUT2D eigenvalue weighted by Crippen LogP contribution is -1.98. The van der Waals surface area contributed by atoms with Crippen LogP contribution in [-0.4, -0.2) is 21.1 Å². The average molecular weight is 137 g/mol. The summed E-state index contributed by atoms with van der Waals surface area (Å²) in [6, 6.07) is 0. The molecule has 0 amide bonds. The Bertz CT molecular complexity index is 266. The van der Waals surface area contributed by atoms with E-state index in [0.717, 1.165) is 31.5 Å². The van der Waals surface area contributed by atoms with Crippen molar-refractivity contribution in [2.75, 3.05) is 0 Å². The highest BCUT2D eigenvalue weighted by Crippen LogP contribution is 2.11. The fourth-order valence-corrected chi connectivity index (χ4v) is 1.26. The Kier molecular flexibility index (Phi) is 1.06. The highest BCUT2D eigenvalue weighted by molar-refractivity contribution is 5.69. The molecule has 1 aliphatic heterocycles. The second-order valence-electron chi connectivity index (χ2n) is 2.35. The van der Waals surface area contributed by atoms with E-state index < -0.39 is 0 Å². The van der Waals surface area contributed by atoms with Gasteiger partial charge in [0, 0.05) is 13.0 Å². The Morgan fingerprint density at radius 1 is 1.50 bits per heavy atom. The third-order valence-corrected chi connectivity index (χ3v) is 1.74. The molecule has 1 aromatic rings. The van der Waals surface area contributed by atoms with Gasteiger partial charge in [0.2, 0.25) is 0 Å². The number of fused-ring (bicyclic) bond motifs is 1. The Morgan fingerprint density at radius 2 is 2.40 bits per heavy atom. The zero-order chi connectivity index (χ0) is 6.97. The van der Waals surface area contributed by atoms with Gasteiger partial charge < -0.3 is 4.57 Å². The largest absolute Gasteiger partial charge is 0.309 e. The molecule has 0 spiro atoms. The van der Waals surface area contributed by atoms with Crippen LogP contribution in [0.4, 0.5) is 0 Å². The molecule has 0 aromatic carbocycles. The number of aryl methyl sites for hydroxylation is 1. The van der Waals surface area contributed by atoms with E-state index in [-0.39, 0.29) is 0 Å². The molecule has 0 radical (unpaired) electrons. The molecule has 0 atom stereocenters. The third-order valence-electron chi connectivity index (χ3n) is 1.74. The van der Waals surface area contributed by atoms with Crippen LogP contribution < -0.4 is 0 Å². The normalized spacial score (nSPS) is 15.2.